The van der Waals surface area contributed by atoms with Crippen molar-refractivity contribution in [2.24, 2.45) is 5.41 Å². The lowest BCUT2D eigenvalue weighted by Gasteiger charge is -2.19. The SMILES string of the molecule is CC(O)c1ccccc1NC(=O)CC(C)(C)C(=O)O. The van der Waals surface area contributed by atoms with Crippen LogP contribution >= 0.6 is 0 Å². The highest BCUT2D eigenvalue weighted by Gasteiger charge is 2.30. The summed E-state index contributed by atoms with van der Waals surface area (Å²) in [5, 5.41) is 21.2. The standard InChI is InChI=1S/C14H19NO4/c1-9(16)10-6-4-5-7-11(10)15-12(17)8-14(2,3)13(18)19/h4-7,9,16H,8H2,1-3H3,(H,15,17)(H,18,19). The van der Waals surface area contributed by atoms with Crippen molar-refractivity contribution in [2.45, 2.75) is 33.3 Å². The topological polar surface area (TPSA) is 86.6 Å². The van der Waals surface area contributed by atoms with Crippen molar-refractivity contribution in [3.05, 3.63) is 29.8 Å². The number of aliphatic hydroxyl groups is 1. The summed E-state index contributed by atoms with van der Waals surface area (Å²) < 4.78 is 0. The van der Waals surface area contributed by atoms with Gasteiger partial charge in [-0.2, -0.15) is 0 Å². The summed E-state index contributed by atoms with van der Waals surface area (Å²) >= 11 is 0. The van der Waals surface area contributed by atoms with Crippen LogP contribution in [0.1, 0.15) is 38.9 Å². The van der Waals surface area contributed by atoms with Gasteiger partial charge in [-0.05, 0) is 26.8 Å². The Hall–Kier alpha value is -1.88. The number of carbonyl (C=O) groups is 2. The van der Waals surface area contributed by atoms with Gasteiger partial charge < -0.3 is 15.5 Å². The van der Waals surface area contributed by atoms with Gasteiger partial charge >= 0.3 is 5.97 Å². The Labute approximate surface area is 112 Å². The fraction of sp³-hybridized carbons (Fsp3) is 0.429. The van der Waals surface area contributed by atoms with Crippen molar-refractivity contribution >= 4 is 17.6 Å². The van der Waals surface area contributed by atoms with Crippen LogP contribution in [0.15, 0.2) is 24.3 Å². The van der Waals surface area contributed by atoms with E-state index in [2.05, 4.69) is 5.32 Å². The van der Waals surface area contributed by atoms with E-state index in [-0.39, 0.29) is 12.3 Å². The first-order valence-electron chi connectivity index (χ1n) is 6.04. The van der Waals surface area contributed by atoms with Crippen LogP contribution in [-0.2, 0) is 9.59 Å². The molecule has 0 fully saturated rings. The molecule has 1 aromatic rings. The number of amides is 1. The molecule has 0 heterocycles. The minimum atomic E-state index is -1.12. The van der Waals surface area contributed by atoms with Gasteiger partial charge in [-0.15, -0.1) is 0 Å². The lowest BCUT2D eigenvalue weighted by molar-refractivity contribution is -0.148. The van der Waals surface area contributed by atoms with E-state index in [1.54, 1.807) is 31.2 Å². The Morgan fingerprint density at radius 3 is 2.42 bits per heavy atom. The molecule has 0 saturated heterocycles. The van der Waals surface area contributed by atoms with Gasteiger partial charge in [0.25, 0.3) is 0 Å². The van der Waals surface area contributed by atoms with Crippen LogP contribution in [0.5, 0.6) is 0 Å². The van der Waals surface area contributed by atoms with Gasteiger partial charge in [0.1, 0.15) is 0 Å². The molecule has 1 aromatic carbocycles. The number of aliphatic carboxylic acids is 1. The highest BCUT2D eigenvalue weighted by Crippen LogP contribution is 2.25. The van der Waals surface area contributed by atoms with E-state index < -0.39 is 17.5 Å². The van der Waals surface area contributed by atoms with Gasteiger partial charge in [0.15, 0.2) is 0 Å². The van der Waals surface area contributed by atoms with Gasteiger partial charge in [0, 0.05) is 17.7 Å². The van der Waals surface area contributed by atoms with Gasteiger partial charge in [-0.3, -0.25) is 9.59 Å². The fourth-order valence-electron chi connectivity index (χ4n) is 1.65. The summed E-state index contributed by atoms with van der Waals surface area (Å²) in [5.74, 6) is -1.41. The van der Waals surface area contributed by atoms with E-state index in [1.807, 2.05) is 0 Å². The summed E-state index contributed by atoms with van der Waals surface area (Å²) in [6.45, 7) is 4.59. The molecule has 0 aromatic heterocycles. The molecule has 3 N–H and O–H groups in total. The normalized spacial score (nSPS) is 12.8. The summed E-state index contributed by atoms with van der Waals surface area (Å²) in [6.07, 6.45) is -0.833. The van der Waals surface area contributed by atoms with E-state index >= 15 is 0 Å². The number of aliphatic hydroxyl groups excluding tert-OH is 1. The molecule has 0 aliphatic carbocycles. The molecule has 1 amide bonds. The molecule has 0 aliphatic heterocycles. The molecule has 0 bridgehead atoms. The second-order valence-electron chi connectivity index (χ2n) is 5.18. The molecule has 5 heteroatoms. The number of carbonyl (C=O) groups excluding carboxylic acids is 1. The second-order valence-corrected chi connectivity index (χ2v) is 5.18. The Kier molecular flexibility index (Phi) is 4.67. The van der Waals surface area contributed by atoms with Crippen LogP contribution in [0.2, 0.25) is 0 Å². The summed E-state index contributed by atoms with van der Waals surface area (Å²) in [5.41, 5.74) is -0.0168. The first-order valence-corrected chi connectivity index (χ1v) is 6.04. The maximum atomic E-state index is 11.9. The highest BCUT2D eigenvalue weighted by molar-refractivity contribution is 5.94. The molecule has 0 aliphatic rings. The summed E-state index contributed by atoms with van der Waals surface area (Å²) in [4.78, 5) is 22.8. The number of para-hydroxylation sites is 1. The van der Waals surface area contributed by atoms with Crippen molar-refractivity contribution in [3.63, 3.8) is 0 Å². The smallest absolute Gasteiger partial charge is 0.309 e. The first-order chi connectivity index (χ1) is 8.74. The third-order valence-corrected chi connectivity index (χ3v) is 2.87. The number of carboxylic acid groups (broad SMARTS) is 1. The zero-order valence-electron chi connectivity index (χ0n) is 11.3. The van der Waals surface area contributed by atoms with E-state index in [9.17, 15) is 14.7 Å². The minimum Gasteiger partial charge on any atom is -0.481 e. The first kappa shape index (κ1) is 15.2. The average Bonchev–Trinajstić information content (AvgIpc) is 2.28. The van der Waals surface area contributed by atoms with Crippen LogP contribution in [0.25, 0.3) is 0 Å². The maximum absolute atomic E-state index is 11.9. The maximum Gasteiger partial charge on any atom is 0.309 e. The van der Waals surface area contributed by atoms with E-state index in [0.717, 1.165) is 0 Å². The zero-order chi connectivity index (χ0) is 14.6. The van der Waals surface area contributed by atoms with Crippen molar-refractivity contribution in [1.29, 1.82) is 0 Å². The monoisotopic (exact) mass is 265 g/mol. The molecular formula is C14H19NO4. The van der Waals surface area contributed by atoms with Gasteiger partial charge in [0.05, 0.1) is 11.5 Å². The number of nitrogens with one attached hydrogen (secondary N) is 1. The quantitative estimate of drug-likeness (QED) is 0.761. The van der Waals surface area contributed by atoms with E-state index in [0.29, 0.717) is 11.3 Å². The highest BCUT2D eigenvalue weighted by atomic mass is 16.4. The van der Waals surface area contributed by atoms with Crippen LogP contribution in [0, 0.1) is 5.41 Å². The number of carboxylic acids is 1. The molecule has 0 radical (unpaired) electrons. The van der Waals surface area contributed by atoms with Gasteiger partial charge in [-0.25, -0.2) is 0 Å². The van der Waals surface area contributed by atoms with Crippen LogP contribution in [-0.4, -0.2) is 22.1 Å². The summed E-state index contributed by atoms with van der Waals surface area (Å²) in [7, 11) is 0. The van der Waals surface area contributed by atoms with Crippen molar-refractivity contribution in [1.82, 2.24) is 0 Å². The Bertz CT molecular complexity index is 480. The lowest BCUT2D eigenvalue weighted by atomic mass is 9.89. The molecule has 19 heavy (non-hydrogen) atoms. The predicted octanol–water partition coefficient (Wildman–Crippen LogP) is 2.18. The Balaban J connectivity index is 2.81. The largest absolute Gasteiger partial charge is 0.481 e. The Morgan fingerprint density at radius 1 is 1.32 bits per heavy atom. The average molecular weight is 265 g/mol. The van der Waals surface area contributed by atoms with Gasteiger partial charge in [-0.1, -0.05) is 18.2 Å². The predicted molar refractivity (Wildman–Crippen MR) is 71.7 cm³/mol. The zero-order valence-corrected chi connectivity index (χ0v) is 11.3. The molecule has 0 spiro atoms. The van der Waals surface area contributed by atoms with Crippen molar-refractivity contribution in [3.8, 4) is 0 Å². The number of hydrogen-bond donors (Lipinski definition) is 3. The lowest BCUT2D eigenvalue weighted by Crippen LogP contribution is -2.29. The molecule has 1 atom stereocenters. The van der Waals surface area contributed by atoms with Crippen molar-refractivity contribution < 1.29 is 19.8 Å². The van der Waals surface area contributed by atoms with E-state index in [1.165, 1.54) is 13.8 Å². The third-order valence-electron chi connectivity index (χ3n) is 2.87. The summed E-state index contributed by atoms with van der Waals surface area (Å²) in [6, 6.07) is 6.89. The molecule has 1 unspecified atom stereocenters. The van der Waals surface area contributed by atoms with Crippen molar-refractivity contribution in [2.75, 3.05) is 5.32 Å². The number of anilines is 1. The molecule has 5 nitrogen and oxygen atoms in total. The van der Waals surface area contributed by atoms with E-state index in [4.69, 9.17) is 5.11 Å². The third kappa shape index (κ3) is 4.06. The molecule has 104 valence electrons. The molecule has 0 saturated carbocycles. The fourth-order valence-corrected chi connectivity index (χ4v) is 1.65. The second kappa shape index (κ2) is 5.84. The van der Waals surface area contributed by atoms with Gasteiger partial charge in [0.2, 0.25) is 5.91 Å². The number of hydrogen-bond acceptors (Lipinski definition) is 3. The number of benzene rings is 1. The molecule has 1 rings (SSSR count). The molecular weight excluding hydrogens is 246 g/mol. The minimum absolute atomic E-state index is 0.128. The number of rotatable bonds is 5. The van der Waals surface area contributed by atoms with Crippen LogP contribution in [0.4, 0.5) is 5.69 Å². The Morgan fingerprint density at radius 2 is 1.89 bits per heavy atom. The van der Waals surface area contributed by atoms with Crippen LogP contribution < -0.4 is 5.32 Å². The van der Waals surface area contributed by atoms with Crippen LogP contribution in [0.3, 0.4) is 0 Å².